The third-order valence-electron chi connectivity index (χ3n) is 3.33. The Kier molecular flexibility index (Phi) is 4.18. The van der Waals surface area contributed by atoms with Gasteiger partial charge in [-0.15, -0.1) is 10.2 Å². The Bertz CT molecular complexity index is 924. The minimum absolute atomic E-state index is 0.147. The molecule has 3 heterocycles. The molecule has 0 aromatic carbocycles. The molecule has 3 rings (SSSR count). The molecule has 24 heavy (non-hydrogen) atoms. The monoisotopic (exact) mass is 328 g/mol. The molecule has 0 aliphatic heterocycles. The maximum absolute atomic E-state index is 5.69. The number of hydrogen-bond acceptors (Lipinski definition) is 7. The lowest BCUT2D eigenvalue weighted by Crippen LogP contribution is -2.11. The van der Waals surface area contributed by atoms with E-state index >= 15 is 0 Å². The van der Waals surface area contributed by atoms with Gasteiger partial charge in [-0.1, -0.05) is 5.16 Å². The minimum atomic E-state index is 0.147. The molecule has 10 heteroatoms. The van der Waals surface area contributed by atoms with Gasteiger partial charge in [0.1, 0.15) is 12.4 Å². The maximum atomic E-state index is 5.69. The molecule has 0 spiro atoms. The van der Waals surface area contributed by atoms with Crippen LogP contribution in [0.5, 0.6) is 5.88 Å². The largest absolute Gasteiger partial charge is 0.468 e. The van der Waals surface area contributed by atoms with Crippen LogP contribution in [0.25, 0.3) is 17.0 Å². The van der Waals surface area contributed by atoms with Crippen LogP contribution in [-0.2, 0) is 0 Å². The smallest absolute Gasteiger partial charge is 0.237 e. The van der Waals surface area contributed by atoms with Gasteiger partial charge in [0.15, 0.2) is 11.5 Å². The highest BCUT2D eigenvalue weighted by atomic mass is 16.5. The van der Waals surface area contributed by atoms with Crippen LogP contribution in [-0.4, -0.2) is 50.8 Å². The summed E-state index contributed by atoms with van der Waals surface area (Å²) in [5, 5.41) is 16.5. The zero-order chi connectivity index (χ0) is 17.1. The van der Waals surface area contributed by atoms with E-state index in [4.69, 9.17) is 15.0 Å². The molecule has 0 atom stereocenters. The van der Waals surface area contributed by atoms with Crippen molar-refractivity contribution in [3.8, 4) is 17.4 Å². The van der Waals surface area contributed by atoms with Crippen molar-refractivity contribution in [1.82, 2.24) is 25.0 Å². The Balaban J connectivity index is 1.98. The fraction of sp³-hybridized carbons (Fsp3) is 0.286. The zero-order valence-electron chi connectivity index (χ0n) is 13.5. The van der Waals surface area contributed by atoms with Crippen molar-refractivity contribution in [2.75, 3.05) is 13.7 Å². The summed E-state index contributed by atoms with van der Waals surface area (Å²) in [6, 6.07) is 1.76. The molecule has 0 aliphatic rings. The van der Waals surface area contributed by atoms with E-state index in [2.05, 4.69) is 30.4 Å². The molecule has 2 N–H and O–H groups in total. The second-order valence-electron chi connectivity index (χ2n) is 4.92. The number of aromatic nitrogens is 5. The number of aliphatic imine (C=N–C) groups is 2. The van der Waals surface area contributed by atoms with Gasteiger partial charge in [0.2, 0.25) is 11.7 Å². The molecule has 124 valence electrons. The predicted molar refractivity (Wildman–Crippen MR) is 87.3 cm³/mol. The number of nitrogens with zero attached hydrogens (tertiary/aromatic N) is 7. The molecule has 3 aromatic rings. The van der Waals surface area contributed by atoms with E-state index < -0.39 is 0 Å². The quantitative estimate of drug-likeness (QED) is 0.553. The molecule has 0 bridgehead atoms. The van der Waals surface area contributed by atoms with Crippen LogP contribution in [0.4, 0.5) is 0 Å². The Morgan fingerprint density at radius 2 is 2.29 bits per heavy atom. The van der Waals surface area contributed by atoms with Crippen molar-refractivity contribution >= 4 is 17.7 Å². The van der Waals surface area contributed by atoms with Gasteiger partial charge in [-0.2, -0.15) is 5.10 Å². The first kappa shape index (κ1) is 15.6. The fourth-order valence-corrected chi connectivity index (χ4v) is 2.13. The van der Waals surface area contributed by atoms with Crippen molar-refractivity contribution in [2.45, 2.75) is 13.8 Å². The third-order valence-corrected chi connectivity index (χ3v) is 3.33. The molecule has 0 amide bonds. The van der Waals surface area contributed by atoms with Crippen LogP contribution < -0.4 is 10.5 Å². The first-order chi connectivity index (χ1) is 11.6. The average Bonchev–Trinajstić information content (AvgIpc) is 3.15. The van der Waals surface area contributed by atoms with Crippen LogP contribution in [0.3, 0.4) is 0 Å². The summed E-state index contributed by atoms with van der Waals surface area (Å²) in [5.41, 5.74) is 7.39. The number of nitrogens with two attached hydrogens (primary N) is 1. The first-order valence-electron chi connectivity index (χ1n) is 7.11. The van der Waals surface area contributed by atoms with Crippen molar-refractivity contribution in [3.05, 3.63) is 23.6 Å². The third kappa shape index (κ3) is 2.81. The molecule has 0 aliphatic carbocycles. The molecular formula is C14H16N8O2. The number of fused-ring (bicyclic) bond motifs is 1. The molecule has 3 aromatic heterocycles. The maximum Gasteiger partial charge on any atom is 0.237 e. The lowest BCUT2D eigenvalue weighted by Gasteiger charge is -2.02. The number of ether oxygens (including phenoxy) is 1. The van der Waals surface area contributed by atoms with E-state index in [-0.39, 0.29) is 6.61 Å². The summed E-state index contributed by atoms with van der Waals surface area (Å²) in [6.45, 7) is 3.83. The lowest BCUT2D eigenvalue weighted by atomic mass is 10.3. The summed E-state index contributed by atoms with van der Waals surface area (Å²) < 4.78 is 12.4. The van der Waals surface area contributed by atoms with E-state index in [9.17, 15) is 0 Å². The summed E-state index contributed by atoms with van der Waals surface area (Å²) in [6.07, 6.45) is 2.78. The Hall–Kier alpha value is -3.30. The standard InChI is InChI=1S/C14H16N8O2/c1-8-4-10(21-24-8)13-19-18-5-11-9(2)14(20-22(11)13)23-6-12(16-3)17-7-15/h4-5,7H,6H2,1-3H3,(H2,15,16,17). The first-order valence-corrected chi connectivity index (χ1v) is 7.11. The van der Waals surface area contributed by atoms with Gasteiger partial charge in [0, 0.05) is 18.7 Å². The fourth-order valence-electron chi connectivity index (χ4n) is 2.13. The van der Waals surface area contributed by atoms with Crippen LogP contribution >= 0.6 is 0 Å². The van der Waals surface area contributed by atoms with E-state index in [0.717, 1.165) is 11.1 Å². The van der Waals surface area contributed by atoms with E-state index in [1.165, 1.54) is 6.34 Å². The highest BCUT2D eigenvalue weighted by molar-refractivity contribution is 5.89. The predicted octanol–water partition coefficient (Wildman–Crippen LogP) is 0.790. The normalized spacial score (nSPS) is 12.4. The van der Waals surface area contributed by atoms with Crippen LogP contribution in [0, 0.1) is 13.8 Å². The van der Waals surface area contributed by atoms with Crippen molar-refractivity contribution in [2.24, 2.45) is 15.7 Å². The molecule has 0 fully saturated rings. The van der Waals surface area contributed by atoms with Crippen molar-refractivity contribution in [1.29, 1.82) is 0 Å². The van der Waals surface area contributed by atoms with Gasteiger partial charge in [-0.05, 0) is 13.8 Å². The van der Waals surface area contributed by atoms with Crippen LogP contribution in [0.15, 0.2) is 26.8 Å². The van der Waals surface area contributed by atoms with Crippen molar-refractivity contribution < 1.29 is 9.26 Å². The molecule has 0 saturated carbocycles. The van der Waals surface area contributed by atoms with Gasteiger partial charge in [0.25, 0.3) is 0 Å². The molecule has 0 saturated heterocycles. The number of rotatable bonds is 4. The lowest BCUT2D eigenvalue weighted by molar-refractivity contribution is 0.355. The topological polar surface area (TPSA) is 129 Å². The Labute approximate surface area is 137 Å². The second kappa shape index (κ2) is 6.44. The number of amidine groups is 1. The van der Waals surface area contributed by atoms with E-state index in [1.54, 1.807) is 30.8 Å². The minimum Gasteiger partial charge on any atom is -0.468 e. The van der Waals surface area contributed by atoms with Gasteiger partial charge in [-0.3, -0.25) is 4.99 Å². The highest BCUT2D eigenvalue weighted by Gasteiger charge is 2.17. The van der Waals surface area contributed by atoms with Crippen LogP contribution in [0.2, 0.25) is 0 Å². The molecular weight excluding hydrogens is 312 g/mol. The molecule has 0 radical (unpaired) electrons. The second-order valence-corrected chi connectivity index (χ2v) is 4.92. The molecule has 10 nitrogen and oxygen atoms in total. The summed E-state index contributed by atoms with van der Waals surface area (Å²) in [5.74, 6) is 2.02. The molecule has 0 unspecified atom stereocenters. The van der Waals surface area contributed by atoms with Crippen LogP contribution in [0.1, 0.15) is 11.3 Å². The summed E-state index contributed by atoms with van der Waals surface area (Å²) >= 11 is 0. The Morgan fingerprint density at radius 3 is 2.96 bits per heavy atom. The van der Waals surface area contributed by atoms with E-state index in [0.29, 0.717) is 29.0 Å². The number of hydrogen-bond donors (Lipinski definition) is 1. The Morgan fingerprint density at radius 1 is 1.46 bits per heavy atom. The van der Waals surface area contributed by atoms with E-state index in [1.807, 2.05) is 6.92 Å². The number of aryl methyl sites for hydroxylation is 2. The van der Waals surface area contributed by atoms with Crippen molar-refractivity contribution in [3.63, 3.8) is 0 Å². The van der Waals surface area contributed by atoms with Gasteiger partial charge >= 0.3 is 0 Å². The van der Waals surface area contributed by atoms with Gasteiger partial charge in [0.05, 0.1) is 18.1 Å². The average molecular weight is 328 g/mol. The van der Waals surface area contributed by atoms with Gasteiger partial charge in [-0.25, -0.2) is 9.51 Å². The SMILES string of the molecule is CN=C(COc1nn2c(-c3cc(C)on3)nncc2c1C)N=CN. The summed E-state index contributed by atoms with van der Waals surface area (Å²) in [4.78, 5) is 7.88. The summed E-state index contributed by atoms with van der Waals surface area (Å²) in [7, 11) is 1.61. The van der Waals surface area contributed by atoms with Gasteiger partial charge < -0.3 is 15.0 Å². The zero-order valence-corrected chi connectivity index (χ0v) is 13.5. The highest BCUT2D eigenvalue weighted by Crippen LogP contribution is 2.24.